The average molecular weight is 172 g/mol. The molecule has 0 saturated carbocycles. The third kappa shape index (κ3) is 1.66. The second-order valence-electron chi connectivity index (χ2n) is 2.64. The maximum Gasteiger partial charge on any atom is 0.200 e. The van der Waals surface area contributed by atoms with Gasteiger partial charge >= 0.3 is 0 Å². The highest BCUT2D eigenvalue weighted by Gasteiger charge is 2.01. The summed E-state index contributed by atoms with van der Waals surface area (Å²) in [6.07, 6.45) is 3.33. The largest absolute Gasteiger partial charge is 0.253 e. The lowest BCUT2D eigenvalue weighted by molar-refractivity contribution is 0.942. The first-order chi connectivity index (χ1) is 6.36. The first kappa shape index (κ1) is 7.79. The van der Waals surface area contributed by atoms with E-state index in [1.165, 1.54) is 0 Å². The zero-order chi connectivity index (χ0) is 9.10. The Kier molecular flexibility index (Phi) is 1.96. The van der Waals surface area contributed by atoms with Crippen LogP contribution in [0.2, 0.25) is 0 Å². The van der Waals surface area contributed by atoms with Crippen molar-refractivity contribution >= 4 is 0 Å². The molecule has 2 rings (SSSR count). The summed E-state index contributed by atoms with van der Waals surface area (Å²) in [5.41, 5.74) is 1.59. The molecule has 0 aliphatic heterocycles. The molecule has 0 saturated heterocycles. The van der Waals surface area contributed by atoms with E-state index in [4.69, 9.17) is 0 Å². The average Bonchev–Trinajstić information content (AvgIpc) is 2.19. The van der Waals surface area contributed by atoms with Gasteiger partial charge in [0.15, 0.2) is 0 Å². The van der Waals surface area contributed by atoms with Gasteiger partial charge in [-0.1, -0.05) is 6.07 Å². The number of aryl methyl sites for hydroxylation is 1. The van der Waals surface area contributed by atoms with Gasteiger partial charge in [0, 0.05) is 6.20 Å². The number of rotatable bonds is 1. The summed E-state index contributed by atoms with van der Waals surface area (Å²) in [6, 6.07) is 5.61. The van der Waals surface area contributed by atoms with Crippen LogP contribution in [0.3, 0.4) is 0 Å². The highest BCUT2D eigenvalue weighted by atomic mass is 15.1. The highest BCUT2D eigenvalue weighted by Crippen LogP contribution is 2.08. The van der Waals surface area contributed by atoms with Crippen LogP contribution in [-0.2, 0) is 0 Å². The van der Waals surface area contributed by atoms with Gasteiger partial charge in [0.1, 0.15) is 5.69 Å². The molecule has 0 fully saturated rings. The van der Waals surface area contributed by atoms with Crippen LogP contribution in [0.4, 0.5) is 0 Å². The van der Waals surface area contributed by atoms with Crippen LogP contribution in [0.15, 0.2) is 30.6 Å². The maximum absolute atomic E-state index is 4.21. The normalized spacial score (nSPS) is 9.92. The lowest BCUT2D eigenvalue weighted by atomic mass is 10.3. The zero-order valence-electron chi connectivity index (χ0n) is 7.18. The van der Waals surface area contributed by atoms with Crippen LogP contribution in [0.5, 0.6) is 0 Å². The summed E-state index contributed by atoms with van der Waals surface area (Å²) in [6.45, 7) is 1.88. The van der Waals surface area contributed by atoms with Crippen LogP contribution in [-0.4, -0.2) is 20.2 Å². The van der Waals surface area contributed by atoms with Crippen molar-refractivity contribution in [1.29, 1.82) is 0 Å². The van der Waals surface area contributed by atoms with Gasteiger partial charge in [-0.25, -0.2) is 4.98 Å². The first-order valence-corrected chi connectivity index (χ1v) is 3.94. The molecule has 0 bridgehead atoms. The third-order valence-corrected chi connectivity index (χ3v) is 1.57. The van der Waals surface area contributed by atoms with E-state index in [0.717, 1.165) is 11.4 Å². The smallest absolute Gasteiger partial charge is 0.200 e. The standard InChI is InChI=1S/C9H8N4/c1-7-6-11-13-9(12-7)8-4-2-3-5-10-8/h2-6H,1H3. The minimum Gasteiger partial charge on any atom is -0.253 e. The fourth-order valence-corrected chi connectivity index (χ4v) is 0.989. The fraction of sp³-hybridized carbons (Fsp3) is 0.111. The van der Waals surface area contributed by atoms with Gasteiger partial charge < -0.3 is 0 Å². The van der Waals surface area contributed by atoms with E-state index < -0.39 is 0 Å². The van der Waals surface area contributed by atoms with Crippen LogP contribution in [0.25, 0.3) is 11.5 Å². The predicted molar refractivity (Wildman–Crippen MR) is 47.8 cm³/mol. The Labute approximate surface area is 75.7 Å². The number of hydrogen-bond acceptors (Lipinski definition) is 4. The number of aromatic nitrogens is 4. The monoisotopic (exact) mass is 172 g/mol. The molecule has 13 heavy (non-hydrogen) atoms. The van der Waals surface area contributed by atoms with Gasteiger partial charge in [0.2, 0.25) is 5.82 Å². The number of nitrogens with zero attached hydrogens (tertiary/aromatic N) is 4. The van der Waals surface area contributed by atoms with E-state index in [2.05, 4.69) is 20.2 Å². The van der Waals surface area contributed by atoms with Gasteiger partial charge in [-0.15, -0.1) is 5.10 Å². The molecule has 0 amide bonds. The van der Waals surface area contributed by atoms with Crippen LogP contribution < -0.4 is 0 Å². The summed E-state index contributed by atoms with van der Waals surface area (Å²) < 4.78 is 0. The Morgan fingerprint density at radius 2 is 2.15 bits per heavy atom. The summed E-state index contributed by atoms with van der Waals surface area (Å²) >= 11 is 0. The Hall–Kier alpha value is -1.84. The maximum atomic E-state index is 4.21. The fourth-order valence-electron chi connectivity index (χ4n) is 0.989. The molecule has 0 atom stereocenters. The molecule has 64 valence electrons. The van der Waals surface area contributed by atoms with Crippen molar-refractivity contribution in [3.8, 4) is 11.5 Å². The van der Waals surface area contributed by atoms with Gasteiger partial charge in [0.25, 0.3) is 0 Å². The van der Waals surface area contributed by atoms with Gasteiger partial charge in [-0.3, -0.25) is 4.98 Å². The van der Waals surface area contributed by atoms with Crippen LogP contribution in [0.1, 0.15) is 5.69 Å². The number of hydrogen-bond donors (Lipinski definition) is 0. The van der Waals surface area contributed by atoms with E-state index in [-0.39, 0.29) is 0 Å². The Morgan fingerprint density at radius 1 is 1.23 bits per heavy atom. The van der Waals surface area contributed by atoms with E-state index in [1.807, 2.05) is 25.1 Å². The molecule has 2 aromatic heterocycles. The van der Waals surface area contributed by atoms with Gasteiger partial charge in [0.05, 0.1) is 11.9 Å². The Balaban J connectivity index is 2.48. The van der Waals surface area contributed by atoms with E-state index in [1.54, 1.807) is 12.4 Å². The van der Waals surface area contributed by atoms with E-state index in [9.17, 15) is 0 Å². The van der Waals surface area contributed by atoms with Crippen molar-refractivity contribution in [2.45, 2.75) is 6.92 Å². The van der Waals surface area contributed by atoms with Crippen LogP contribution in [0, 0.1) is 6.92 Å². The summed E-state index contributed by atoms with van der Waals surface area (Å²) in [5.74, 6) is 0.570. The molecule has 0 spiro atoms. The molecule has 0 aliphatic rings. The minimum absolute atomic E-state index is 0.570. The quantitative estimate of drug-likeness (QED) is 0.649. The molecule has 0 unspecified atom stereocenters. The van der Waals surface area contributed by atoms with Crippen LogP contribution >= 0.6 is 0 Å². The topological polar surface area (TPSA) is 51.6 Å². The van der Waals surface area contributed by atoms with E-state index >= 15 is 0 Å². The number of pyridine rings is 1. The van der Waals surface area contributed by atoms with E-state index in [0.29, 0.717) is 5.82 Å². The van der Waals surface area contributed by atoms with Crippen molar-refractivity contribution in [2.75, 3.05) is 0 Å². The zero-order valence-corrected chi connectivity index (χ0v) is 7.18. The van der Waals surface area contributed by atoms with Gasteiger partial charge in [-0.2, -0.15) is 5.10 Å². The summed E-state index contributed by atoms with van der Waals surface area (Å²) in [7, 11) is 0. The molecule has 0 aromatic carbocycles. The van der Waals surface area contributed by atoms with Crippen molar-refractivity contribution < 1.29 is 0 Å². The molecule has 4 nitrogen and oxygen atoms in total. The van der Waals surface area contributed by atoms with Crippen molar-refractivity contribution in [3.63, 3.8) is 0 Å². The summed E-state index contributed by atoms with van der Waals surface area (Å²) in [4.78, 5) is 8.33. The first-order valence-electron chi connectivity index (χ1n) is 3.94. The molecular weight excluding hydrogens is 164 g/mol. The second kappa shape index (κ2) is 3.26. The lowest BCUT2D eigenvalue weighted by Gasteiger charge is -1.96. The van der Waals surface area contributed by atoms with Crippen molar-refractivity contribution in [1.82, 2.24) is 20.2 Å². The highest BCUT2D eigenvalue weighted by molar-refractivity contribution is 5.47. The predicted octanol–water partition coefficient (Wildman–Crippen LogP) is 1.24. The SMILES string of the molecule is Cc1cnnc(-c2ccccn2)n1. The van der Waals surface area contributed by atoms with Crippen molar-refractivity contribution in [2.24, 2.45) is 0 Å². The second-order valence-corrected chi connectivity index (χ2v) is 2.64. The molecule has 0 aliphatic carbocycles. The molecule has 4 heteroatoms. The van der Waals surface area contributed by atoms with Gasteiger partial charge in [-0.05, 0) is 19.1 Å². The van der Waals surface area contributed by atoms with Crippen molar-refractivity contribution in [3.05, 3.63) is 36.3 Å². The summed E-state index contributed by atoms with van der Waals surface area (Å²) in [5, 5.41) is 7.69. The molecular formula is C9H8N4. The molecule has 0 N–H and O–H groups in total. The Bertz CT molecular complexity index is 399. The lowest BCUT2D eigenvalue weighted by Crippen LogP contribution is -1.95. The third-order valence-electron chi connectivity index (χ3n) is 1.57. The molecule has 0 radical (unpaired) electrons. The minimum atomic E-state index is 0.570. The molecule has 2 aromatic rings. The Morgan fingerprint density at radius 3 is 2.85 bits per heavy atom. The molecule has 2 heterocycles.